The first-order valence-electron chi connectivity index (χ1n) is 10.0. The van der Waals surface area contributed by atoms with Gasteiger partial charge in [0, 0.05) is 28.9 Å². The number of nitrogens with one attached hydrogen (secondary N) is 2. The number of hydrogen-bond acceptors (Lipinski definition) is 5. The number of methoxy groups -OCH3 is 1. The van der Waals surface area contributed by atoms with Crippen LogP contribution in [0.25, 0.3) is 10.8 Å². The van der Waals surface area contributed by atoms with Crippen molar-refractivity contribution in [2.24, 2.45) is 0 Å². The van der Waals surface area contributed by atoms with Gasteiger partial charge in [-0.3, -0.25) is 14.4 Å². The quantitative estimate of drug-likeness (QED) is 0.453. The van der Waals surface area contributed by atoms with Crippen LogP contribution < -0.4 is 15.4 Å². The van der Waals surface area contributed by atoms with Crippen molar-refractivity contribution in [3.05, 3.63) is 65.7 Å². The highest BCUT2D eigenvalue weighted by Crippen LogP contribution is 2.28. The number of carbonyl (C=O) groups is 3. The third kappa shape index (κ3) is 6.46. The minimum absolute atomic E-state index is 0.0155. The summed E-state index contributed by atoms with van der Waals surface area (Å²) in [6.45, 7) is -0.395. The first-order valence-corrected chi connectivity index (χ1v) is 10.4. The van der Waals surface area contributed by atoms with E-state index < -0.39 is 18.5 Å². The third-order valence-electron chi connectivity index (χ3n) is 4.65. The Kier molecular flexibility index (Phi) is 8.05. The molecular weight excluding hydrogens is 432 g/mol. The molecule has 0 radical (unpaired) electrons. The fraction of sp³-hybridized carbons (Fsp3) is 0.208. The fourth-order valence-electron chi connectivity index (χ4n) is 3.12. The molecule has 2 amide bonds. The van der Waals surface area contributed by atoms with E-state index >= 15 is 0 Å². The molecule has 3 aromatic carbocycles. The van der Waals surface area contributed by atoms with Gasteiger partial charge in [-0.15, -0.1) is 0 Å². The Hall–Kier alpha value is -3.58. The molecule has 7 nitrogen and oxygen atoms in total. The second kappa shape index (κ2) is 11.2. The Morgan fingerprint density at radius 1 is 0.875 bits per heavy atom. The van der Waals surface area contributed by atoms with E-state index in [2.05, 4.69) is 10.6 Å². The van der Waals surface area contributed by atoms with Crippen LogP contribution in [0.3, 0.4) is 0 Å². The van der Waals surface area contributed by atoms with Gasteiger partial charge in [-0.2, -0.15) is 0 Å². The van der Waals surface area contributed by atoms with Crippen LogP contribution in [-0.2, 0) is 19.1 Å². The average molecular weight is 455 g/mol. The zero-order valence-corrected chi connectivity index (χ0v) is 18.3. The number of amides is 2. The number of esters is 1. The number of hydrogen-bond donors (Lipinski definition) is 2. The van der Waals surface area contributed by atoms with Crippen LogP contribution in [0.4, 0.5) is 11.4 Å². The Morgan fingerprint density at radius 3 is 2.44 bits per heavy atom. The van der Waals surface area contributed by atoms with Crippen molar-refractivity contribution in [3.8, 4) is 5.75 Å². The van der Waals surface area contributed by atoms with Crippen molar-refractivity contribution in [3.63, 3.8) is 0 Å². The third-order valence-corrected chi connectivity index (χ3v) is 4.88. The van der Waals surface area contributed by atoms with Crippen molar-refractivity contribution in [2.75, 3.05) is 24.4 Å². The summed E-state index contributed by atoms with van der Waals surface area (Å²) in [7, 11) is 1.49. The number of fused-ring (bicyclic) bond motifs is 1. The number of benzene rings is 3. The molecule has 0 spiro atoms. The summed E-state index contributed by atoms with van der Waals surface area (Å²) in [5.41, 5.74) is 1.11. The molecule has 0 bridgehead atoms. The number of anilines is 2. The molecule has 0 atom stereocenters. The number of carbonyl (C=O) groups excluding carboxylic acids is 3. The topological polar surface area (TPSA) is 93.7 Å². The molecule has 0 aliphatic heterocycles. The maximum Gasteiger partial charge on any atom is 0.306 e. The molecule has 3 aromatic rings. The second-order valence-corrected chi connectivity index (χ2v) is 7.42. The molecular formula is C24H23ClN2O5. The average Bonchev–Trinajstić information content (AvgIpc) is 2.78. The SMILES string of the molecule is COc1ccc(Cl)cc1NC(=O)CCCC(=O)OCC(=O)Nc1cccc2ccccc12. The van der Waals surface area contributed by atoms with E-state index in [1.165, 1.54) is 7.11 Å². The van der Waals surface area contributed by atoms with Crippen LogP contribution in [-0.4, -0.2) is 31.5 Å². The van der Waals surface area contributed by atoms with Gasteiger partial charge in [0.25, 0.3) is 5.91 Å². The molecule has 0 saturated heterocycles. The Bertz CT molecular complexity index is 1130. The van der Waals surface area contributed by atoms with Gasteiger partial charge < -0.3 is 20.1 Å². The monoisotopic (exact) mass is 454 g/mol. The summed E-state index contributed by atoms with van der Waals surface area (Å²) in [6, 6.07) is 18.1. The maximum absolute atomic E-state index is 12.2. The minimum atomic E-state index is -0.550. The van der Waals surface area contributed by atoms with Gasteiger partial charge in [0.2, 0.25) is 5.91 Å². The summed E-state index contributed by atoms with van der Waals surface area (Å²) >= 11 is 5.94. The van der Waals surface area contributed by atoms with Gasteiger partial charge in [-0.05, 0) is 36.1 Å². The van der Waals surface area contributed by atoms with Crippen LogP contribution in [0.1, 0.15) is 19.3 Å². The zero-order chi connectivity index (χ0) is 22.9. The second-order valence-electron chi connectivity index (χ2n) is 6.98. The van der Waals surface area contributed by atoms with Crippen LogP contribution in [0.2, 0.25) is 5.02 Å². The maximum atomic E-state index is 12.2. The lowest BCUT2D eigenvalue weighted by atomic mass is 10.1. The van der Waals surface area contributed by atoms with Crippen molar-refractivity contribution in [1.29, 1.82) is 0 Å². The number of ether oxygens (including phenoxy) is 2. The lowest BCUT2D eigenvalue weighted by Gasteiger charge is -2.11. The molecule has 0 aliphatic carbocycles. The largest absolute Gasteiger partial charge is 0.495 e. The van der Waals surface area contributed by atoms with Crippen LogP contribution in [0.15, 0.2) is 60.7 Å². The molecule has 166 valence electrons. The predicted octanol–water partition coefficient (Wildman–Crippen LogP) is 4.79. The summed E-state index contributed by atoms with van der Waals surface area (Å²) in [4.78, 5) is 36.2. The highest BCUT2D eigenvalue weighted by atomic mass is 35.5. The van der Waals surface area contributed by atoms with Crippen molar-refractivity contribution >= 4 is 51.5 Å². The highest BCUT2D eigenvalue weighted by Gasteiger charge is 2.12. The van der Waals surface area contributed by atoms with Crippen LogP contribution in [0, 0.1) is 0 Å². The fourth-order valence-corrected chi connectivity index (χ4v) is 3.29. The summed E-state index contributed by atoms with van der Waals surface area (Å²) < 4.78 is 10.2. The Labute approximate surface area is 190 Å². The smallest absolute Gasteiger partial charge is 0.306 e. The van der Waals surface area contributed by atoms with Gasteiger partial charge in [0.05, 0.1) is 12.8 Å². The van der Waals surface area contributed by atoms with E-state index in [0.717, 1.165) is 10.8 Å². The zero-order valence-electron chi connectivity index (χ0n) is 17.5. The normalized spacial score (nSPS) is 10.4. The lowest BCUT2D eigenvalue weighted by molar-refractivity contribution is -0.147. The number of halogens is 1. The lowest BCUT2D eigenvalue weighted by Crippen LogP contribution is -2.21. The molecule has 0 saturated carbocycles. The van der Waals surface area contributed by atoms with Crippen molar-refractivity contribution in [2.45, 2.75) is 19.3 Å². The molecule has 32 heavy (non-hydrogen) atoms. The van der Waals surface area contributed by atoms with Gasteiger partial charge in [0.1, 0.15) is 5.75 Å². The van der Waals surface area contributed by atoms with Crippen LogP contribution in [0.5, 0.6) is 5.75 Å². The van der Waals surface area contributed by atoms with Gasteiger partial charge >= 0.3 is 5.97 Å². The predicted molar refractivity (Wildman–Crippen MR) is 124 cm³/mol. The molecule has 0 aliphatic rings. The molecule has 0 unspecified atom stereocenters. The van der Waals surface area contributed by atoms with E-state index in [-0.39, 0.29) is 25.2 Å². The molecule has 3 rings (SSSR count). The molecule has 2 N–H and O–H groups in total. The van der Waals surface area contributed by atoms with E-state index in [4.69, 9.17) is 21.1 Å². The number of rotatable bonds is 9. The molecule has 0 fully saturated rings. The Morgan fingerprint density at radius 2 is 1.62 bits per heavy atom. The summed E-state index contributed by atoms with van der Waals surface area (Å²) in [5.74, 6) is -0.780. The molecule has 8 heteroatoms. The van der Waals surface area contributed by atoms with Crippen molar-refractivity contribution < 1.29 is 23.9 Å². The van der Waals surface area contributed by atoms with Crippen LogP contribution >= 0.6 is 11.6 Å². The van der Waals surface area contributed by atoms with E-state index in [1.807, 2.05) is 36.4 Å². The minimum Gasteiger partial charge on any atom is -0.495 e. The highest BCUT2D eigenvalue weighted by molar-refractivity contribution is 6.31. The van der Waals surface area contributed by atoms with E-state index in [0.29, 0.717) is 22.1 Å². The molecule has 0 heterocycles. The molecule has 0 aromatic heterocycles. The van der Waals surface area contributed by atoms with Gasteiger partial charge in [-0.25, -0.2) is 0 Å². The van der Waals surface area contributed by atoms with Crippen molar-refractivity contribution in [1.82, 2.24) is 0 Å². The van der Waals surface area contributed by atoms with E-state index in [9.17, 15) is 14.4 Å². The first kappa shape index (κ1) is 23.1. The standard InChI is InChI=1S/C24H23ClN2O5/c1-31-21-13-12-17(25)14-20(21)27-22(28)10-5-11-24(30)32-15-23(29)26-19-9-4-7-16-6-2-3-8-18(16)19/h2-4,6-9,12-14H,5,10-11,15H2,1H3,(H,26,29)(H,27,28). The Balaban J connectivity index is 1.40. The summed E-state index contributed by atoms with van der Waals surface area (Å²) in [6.07, 6.45) is 0.396. The van der Waals surface area contributed by atoms with Gasteiger partial charge in [-0.1, -0.05) is 48.0 Å². The summed E-state index contributed by atoms with van der Waals surface area (Å²) in [5, 5.41) is 7.82. The van der Waals surface area contributed by atoms with Gasteiger partial charge in [0.15, 0.2) is 6.61 Å². The van der Waals surface area contributed by atoms with E-state index in [1.54, 1.807) is 24.3 Å². The first-order chi connectivity index (χ1) is 15.5.